The number of hydrogen-bond acceptors (Lipinski definition) is 3. The Morgan fingerprint density at radius 1 is 1.38 bits per heavy atom. The van der Waals surface area contributed by atoms with E-state index < -0.39 is 5.69 Å². The standard InChI is InChI=1S/C11H19N3O2/c1-4-5-6-7-8(2)14-9(3)12-10(15)13-11(14)16/h8H,4-7H2,1-3H3,(H,13,15,16). The quantitative estimate of drug-likeness (QED) is 0.770. The van der Waals surface area contributed by atoms with Gasteiger partial charge in [0, 0.05) is 6.04 Å². The third kappa shape index (κ3) is 3.05. The lowest BCUT2D eigenvalue weighted by molar-refractivity contribution is 0.439. The molecule has 1 rings (SSSR count). The number of nitrogens with one attached hydrogen (secondary N) is 1. The van der Waals surface area contributed by atoms with Crippen molar-refractivity contribution in [1.82, 2.24) is 14.5 Å². The predicted octanol–water partition coefficient (Wildman–Crippen LogP) is 1.38. The summed E-state index contributed by atoms with van der Waals surface area (Å²) in [7, 11) is 0. The first-order valence-electron chi connectivity index (χ1n) is 5.75. The van der Waals surface area contributed by atoms with E-state index in [-0.39, 0.29) is 11.7 Å². The summed E-state index contributed by atoms with van der Waals surface area (Å²) in [5.74, 6) is 0.484. The van der Waals surface area contributed by atoms with Gasteiger partial charge in [0.15, 0.2) is 0 Å². The van der Waals surface area contributed by atoms with Crippen molar-refractivity contribution >= 4 is 0 Å². The van der Waals surface area contributed by atoms with Crippen LogP contribution in [-0.4, -0.2) is 14.5 Å². The number of hydrogen-bond donors (Lipinski definition) is 1. The molecule has 0 aliphatic heterocycles. The average Bonchev–Trinajstić information content (AvgIpc) is 2.16. The highest BCUT2D eigenvalue weighted by Crippen LogP contribution is 2.13. The highest BCUT2D eigenvalue weighted by atomic mass is 16.2. The highest BCUT2D eigenvalue weighted by molar-refractivity contribution is 4.86. The summed E-state index contributed by atoms with van der Waals surface area (Å²) >= 11 is 0. The lowest BCUT2D eigenvalue weighted by Gasteiger charge is -2.15. The number of aromatic nitrogens is 3. The molecule has 0 spiro atoms. The van der Waals surface area contributed by atoms with Crippen LogP contribution in [0.5, 0.6) is 0 Å². The van der Waals surface area contributed by atoms with E-state index in [1.54, 1.807) is 11.5 Å². The molecule has 1 aromatic heterocycles. The zero-order valence-corrected chi connectivity index (χ0v) is 10.1. The minimum atomic E-state index is -0.570. The van der Waals surface area contributed by atoms with Crippen LogP contribution in [0.3, 0.4) is 0 Å². The fraction of sp³-hybridized carbons (Fsp3) is 0.727. The summed E-state index contributed by atoms with van der Waals surface area (Å²) in [6.45, 7) is 5.81. The van der Waals surface area contributed by atoms with Gasteiger partial charge in [-0.15, -0.1) is 0 Å². The molecule has 0 aliphatic rings. The van der Waals surface area contributed by atoms with Crippen LogP contribution in [0.1, 0.15) is 51.4 Å². The Kier molecular flexibility index (Phi) is 4.46. The second-order valence-electron chi connectivity index (χ2n) is 4.11. The SMILES string of the molecule is CCCCCC(C)n1c(C)nc(=O)[nH]c1=O. The van der Waals surface area contributed by atoms with Crippen molar-refractivity contribution in [2.45, 2.75) is 52.5 Å². The Morgan fingerprint density at radius 3 is 2.62 bits per heavy atom. The van der Waals surface area contributed by atoms with E-state index in [0.717, 1.165) is 25.7 Å². The molecule has 0 amide bonds. The van der Waals surface area contributed by atoms with Gasteiger partial charge in [-0.3, -0.25) is 9.55 Å². The van der Waals surface area contributed by atoms with E-state index in [4.69, 9.17) is 0 Å². The van der Waals surface area contributed by atoms with Crippen molar-refractivity contribution in [2.75, 3.05) is 0 Å². The molecule has 90 valence electrons. The molecule has 1 atom stereocenters. The zero-order chi connectivity index (χ0) is 12.1. The van der Waals surface area contributed by atoms with Gasteiger partial charge in [0.25, 0.3) is 0 Å². The van der Waals surface area contributed by atoms with Gasteiger partial charge in [0.1, 0.15) is 5.82 Å². The fourth-order valence-electron chi connectivity index (χ4n) is 1.87. The summed E-state index contributed by atoms with van der Waals surface area (Å²) in [4.78, 5) is 28.5. The van der Waals surface area contributed by atoms with E-state index in [1.165, 1.54) is 0 Å². The Balaban J connectivity index is 2.87. The molecule has 0 saturated carbocycles. The molecule has 1 unspecified atom stereocenters. The second-order valence-corrected chi connectivity index (χ2v) is 4.11. The molecule has 1 heterocycles. The molecule has 1 N–H and O–H groups in total. The monoisotopic (exact) mass is 225 g/mol. The van der Waals surface area contributed by atoms with Crippen molar-refractivity contribution in [1.29, 1.82) is 0 Å². The molecule has 0 aliphatic carbocycles. The first kappa shape index (κ1) is 12.7. The lowest BCUT2D eigenvalue weighted by atomic mass is 10.1. The van der Waals surface area contributed by atoms with Crippen LogP contribution in [0.25, 0.3) is 0 Å². The minimum Gasteiger partial charge on any atom is -0.279 e. The number of aromatic amines is 1. The van der Waals surface area contributed by atoms with Gasteiger partial charge in [-0.2, -0.15) is 4.98 Å². The van der Waals surface area contributed by atoms with Crippen LogP contribution in [0.4, 0.5) is 0 Å². The van der Waals surface area contributed by atoms with Crippen LogP contribution in [0.15, 0.2) is 9.59 Å². The largest absolute Gasteiger partial charge is 0.350 e. The lowest BCUT2D eigenvalue weighted by Crippen LogP contribution is -2.35. The number of rotatable bonds is 5. The third-order valence-corrected chi connectivity index (χ3v) is 2.71. The van der Waals surface area contributed by atoms with E-state index in [2.05, 4.69) is 16.9 Å². The number of nitrogens with zero attached hydrogens (tertiary/aromatic N) is 2. The molecule has 0 aromatic carbocycles. The van der Waals surface area contributed by atoms with E-state index in [1.807, 2.05) is 6.92 Å². The maximum absolute atomic E-state index is 11.6. The van der Waals surface area contributed by atoms with E-state index in [0.29, 0.717) is 5.82 Å². The first-order valence-corrected chi connectivity index (χ1v) is 5.75. The summed E-state index contributed by atoms with van der Waals surface area (Å²) in [5.41, 5.74) is -0.930. The predicted molar refractivity (Wildman–Crippen MR) is 62.7 cm³/mol. The van der Waals surface area contributed by atoms with Crippen LogP contribution in [-0.2, 0) is 0 Å². The highest BCUT2D eigenvalue weighted by Gasteiger charge is 2.10. The van der Waals surface area contributed by atoms with Crippen LogP contribution in [0.2, 0.25) is 0 Å². The Labute approximate surface area is 94.5 Å². The second kappa shape index (κ2) is 5.63. The van der Waals surface area contributed by atoms with E-state index >= 15 is 0 Å². The fourth-order valence-corrected chi connectivity index (χ4v) is 1.87. The third-order valence-electron chi connectivity index (χ3n) is 2.71. The maximum atomic E-state index is 11.6. The molecule has 0 fully saturated rings. The van der Waals surface area contributed by atoms with Crippen molar-refractivity contribution in [3.63, 3.8) is 0 Å². The Bertz CT molecular complexity index is 447. The van der Waals surface area contributed by atoms with Gasteiger partial charge in [0.2, 0.25) is 0 Å². The zero-order valence-electron chi connectivity index (χ0n) is 10.1. The van der Waals surface area contributed by atoms with Gasteiger partial charge in [-0.25, -0.2) is 9.59 Å². The van der Waals surface area contributed by atoms with Crippen molar-refractivity contribution < 1.29 is 0 Å². The van der Waals surface area contributed by atoms with Gasteiger partial charge in [-0.05, 0) is 20.3 Å². The average molecular weight is 225 g/mol. The summed E-state index contributed by atoms with van der Waals surface area (Å²) in [5, 5.41) is 0. The van der Waals surface area contributed by atoms with Gasteiger partial charge >= 0.3 is 11.4 Å². The van der Waals surface area contributed by atoms with Crippen LogP contribution < -0.4 is 11.4 Å². The summed E-state index contributed by atoms with van der Waals surface area (Å²) in [6, 6.07) is 0.0865. The van der Waals surface area contributed by atoms with Crippen molar-refractivity contribution in [2.24, 2.45) is 0 Å². The molecular formula is C11H19N3O2. The number of aryl methyl sites for hydroxylation is 1. The Morgan fingerprint density at radius 2 is 2.06 bits per heavy atom. The van der Waals surface area contributed by atoms with Gasteiger partial charge in [-0.1, -0.05) is 26.2 Å². The van der Waals surface area contributed by atoms with Crippen LogP contribution in [0, 0.1) is 6.92 Å². The first-order chi connectivity index (χ1) is 7.56. The van der Waals surface area contributed by atoms with Gasteiger partial charge < -0.3 is 0 Å². The molecule has 0 bridgehead atoms. The van der Waals surface area contributed by atoms with E-state index in [9.17, 15) is 9.59 Å². The number of H-pyrrole nitrogens is 1. The molecule has 0 saturated heterocycles. The topological polar surface area (TPSA) is 67.8 Å². The van der Waals surface area contributed by atoms with Crippen molar-refractivity contribution in [3.8, 4) is 0 Å². The molecule has 5 nitrogen and oxygen atoms in total. The molecule has 1 aromatic rings. The summed E-state index contributed by atoms with van der Waals surface area (Å²) < 4.78 is 1.55. The molecule has 0 radical (unpaired) electrons. The van der Waals surface area contributed by atoms with Crippen LogP contribution >= 0.6 is 0 Å². The normalized spacial score (nSPS) is 12.7. The van der Waals surface area contributed by atoms with Gasteiger partial charge in [0.05, 0.1) is 0 Å². The number of unbranched alkanes of at least 4 members (excludes halogenated alkanes) is 2. The minimum absolute atomic E-state index is 0.0865. The smallest absolute Gasteiger partial charge is 0.279 e. The molecule has 16 heavy (non-hydrogen) atoms. The summed E-state index contributed by atoms with van der Waals surface area (Å²) in [6.07, 6.45) is 4.34. The molecular weight excluding hydrogens is 206 g/mol. The maximum Gasteiger partial charge on any atom is 0.350 e. The molecule has 5 heteroatoms. The van der Waals surface area contributed by atoms with Crippen molar-refractivity contribution in [3.05, 3.63) is 26.8 Å². The Hall–Kier alpha value is -1.39.